The molecule has 1 aromatic rings. The Bertz CT molecular complexity index is 403. The molecule has 1 fully saturated rings. The number of nitrogens with zero attached hydrogens (tertiary/aromatic N) is 2. The minimum atomic E-state index is -0.477. The van der Waals surface area contributed by atoms with Crippen molar-refractivity contribution in [3.63, 3.8) is 0 Å². The van der Waals surface area contributed by atoms with Crippen LogP contribution in [0.3, 0.4) is 0 Å². The van der Waals surface area contributed by atoms with Crippen molar-refractivity contribution in [3.05, 3.63) is 24.0 Å². The lowest BCUT2D eigenvalue weighted by atomic mass is 10.1. The van der Waals surface area contributed by atoms with Crippen LogP contribution < -0.4 is 16.0 Å². The molecule has 0 aromatic carbocycles. The quantitative estimate of drug-likeness (QED) is 0.772. The number of hydrogen-bond donors (Lipinski definition) is 2. The molecule has 92 valence electrons. The molecule has 3 N–H and O–H groups in total. The summed E-state index contributed by atoms with van der Waals surface area (Å²) in [5.41, 5.74) is 6.61. The zero-order valence-corrected chi connectivity index (χ0v) is 10.0. The molecule has 5 heteroatoms. The molecule has 1 aliphatic rings. The molecular formula is C12H18N4O. The maximum Gasteiger partial charge on any atom is 0.267 e. The highest BCUT2D eigenvalue weighted by molar-refractivity contribution is 5.91. The standard InChI is InChI=1S/C12H18N4O/c1-2-5-16(10-7-14-8-10)9-3-4-15-11(6-9)12(13)17/h3-4,6,10,14H,2,5,7-8H2,1H3,(H2,13,17). The molecule has 0 atom stereocenters. The number of amides is 1. The van der Waals surface area contributed by atoms with Crippen LogP contribution in [-0.4, -0.2) is 36.6 Å². The first-order valence-corrected chi connectivity index (χ1v) is 5.95. The Balaban J connectivity index is 2.22. The van der Waals surface area contributed by atoms with Crippen LogP contribution in [0.15, 0.2) is 18.3 Å². The Morgan fingerprint density at radius 1 is 1.65 bits per heavy atom. The molecule has 1 aliphatic heterocycles. The lowest BCUT2D eigenvalue weighted by molar-refractivity contribution is 0.0995. The molecule has 1 saturated heterocycles. The van der Waals surface area contributed by atoms with Gasteiger partial charge < -0.3 is 16.0 Å². The van der Waals surface area contributed by atoms with Gasteiger partial charge in [0, 0.05) is 31.5 Å². The van der Waals surface area contributed by atoms with Crippen molar-refractivity contribution in [1.29, 1.82) is 0 Å². The van der Waals surface area contributed by atoms with Crippen LogP contribution in [0.1, 0.15) is 23.8 Å². The van der Waals surface area contributed by atoms with Crippen LogP contribution in [0.2, 0.25) is 0 Å². The number of nitrogens with two attached hydrogens (primary N) is 1. The van der Waals surface area contributed by atoms with E-state index < -0.39 is 5.91 Å². The van der Waals surface area contributed by atoms with Crippen molar-refractivity contribution in [2.45, 2.75) is 19.4 Å². The van der Waals surface area contributed by atoms with Crippen LogP contribution in [-0.2, 0) is 0 Å². The van der Waals surface area contributed by atoms with Crippen molar-refractivity contribution in [2.75, 3.05) is 24.5 Å². The topological polar surface area (TPSA) is 71.2 Å². The molecule has 0 aliphatic carbocycles. The van der Waals surface area contributed by atoms with E-state index in [1.807, 2.05) is 6.07 Å². The lowest BCUT2D eigenvalue weighted by Gasteiger charge is -2.39. The Kier molecular flexibility index (Phi) is 3.58. The highest BCUT2D eigenvalue weighted by Crippen LogP contribution is 2.19. The van der Waals surface area contributed by atoms with E-state index in [1.165, 1.54) is 0 Å². The Morgan fingerprint density at radius 3 is 2.94 bits per heavy atom. The Hall–Kier alpha value is -1.62. The van der Waals surface area contributed by atoms with Crippen LogP contribution in [0.4, 0.5) is 5.69 Å². The van der Waals surface area contributed by atoms with Gasteiger partial charge in [0.1, 0.15) is 5.69 Å². The van der Waals surface area contributed by atoms with Gasteiger partial charge in [0.25, 0.3) is 5.91 Å². The second-order valence-corrected chi connectivity index (χ2v) is 4.27. The largest absolute Gasteiger partial charge is 0.366 e. The van der Waals surface area contributed by atoms with E-state index in [-0.39, 0.29) is 0 Å². The summed E-state index contributed by atoms with van der Waals surface area (Å²) in [5.74, 6) is -0.477. The number of carbonyl (C=O) groups is 1. The highest BCUT2D eigenvalue weighted by atomic mass is 16.1. The molecule has 1 amide bonds. The van der Waals surface area contributed by atoms with Crippen molar-refractivity contribution in [3.8, 4) is 0 Å². The van der Waals surface area contributed by atoms with Crippen LogP contribution >= 0.6 is 0 Å². The van der Waals surface area contributed by atoms with Crippen molar-refractivity contribution >= 4 is 11.6 Å². The molecule has 0 saturated carbocycles. The van der Waals surface area contributed by atoms with Crippen LogP contribution in [0.5, 0.6) is 0 Å². The molecule has 0 radical (unpaired) electrons. The van der Waals surface area contributed by atoms with E-state index in [4.69, 9.17) is 5.73 Å². The third kappa shape index (κ3) is 2.55. The molecule has 17 heavy (non-hydrogen) atoms. The summed E-state index contributed by atoms with van der Waals surface area (Å²) in [7, 11) is 0. The summed E-state index contributed by atoms with van der Waals surface area (Å²) in [6.07, 6.45) is 2.72. The molecular weight excluding hydrogens is 216 g/mol. The molecule has 2 rings (SSSR count). The number of hydrogen-bond acceptors (Lipinski definition) is 4. The van der Waals surface area contributed by atoms with Crippen LogP contribution in [0, 0.1) is 0 Å². The summed E-state index contributed by atoms with van der Waals surface area (Å²) in [4.78, 5) is 17.4. The average molecular weight is 234 g/mol. The van der Waals surface area contributed by atoms with Gasteiger partial charge in [-0.15, -0.1) is 0 Å². The number of anilines is 1. The molecule has 0 spiro atoms. The number of nitrogens with one attached hydrogen (secondary N) is 1. The SMILES string of the molecule is CCCN(c1ccnc(C(N)=O)c1)C1CNC1. The number of primary amides is 1. The van der Waals surface area contributed by atoms with E-state index in [9.17, 15) is 4.79 Å². The van der Waals surface area contributed by atoms with Crippen molar-refractivity contribution in [1.82, 2.24) is 10.3 Å². The summed E-state index contributed by atoms with van der Waals surface area (Å²) in [5, 5.41) is 3.26. The Labute approximate surface area is 101 Å². The van der Waals surface area contributed by atoms with Crippen molar-refractivity contribution in [2.24, 2.45) is 5.73 Å². The molecule has 2 heterocycles. The number of carbonyl (C=O) groups excluding carboxylic acids is 1. The first-order chi connectivity index (χ1) is 8.22. The molecule has 1 aromatic heterocycles. The Morgan fingerprint density at radius 2 is 2.41 bits per heavy atom. The van der Waals surface area contributed by atoms with Crippen molar-refractivity contribution < 1.29 is 4.79 Å². The first kappa shape index (κ1) is 11.9. The lowest BCUT2D eigenvalue weighted by Crippen LogP contribution is -2.57. The zero-order valence-electron chi connectivity index (χ0n) is 10.0. The first-order valence-electron chi connectivity index (χ1n) is 5.95. The zero-order chi connectivity index (χ0) is 12.3. The van der Waals surface area contributed by atoms with E-state index in [2.05, 4.69) is 22.1 Å². The second kappa shape index (κ2) is 5.14. The van der Waals surface area contributed by atoms with Gasteiger partial charge in [0.15, 0.2) is 0 Å². The number of aromatic nitrogens is 1. The van der Waals surface area contributed by atoms with Gasteiger partial charge in [-0.2, -0.15) is 0 Å². The van der Waals surface area contributed by atoms with Gasteiger partial charge in [0.2, 0.25) is 0 Å². The monoisotopic (exact) mass is 234 g/mol. The smallest absolute Gasteiger partial charge is 0.267 e. The van der Waals surface area contributed by atoms with Gasteiger partial charge in [-0.05, 0) is 18.6 Å². The molecule has 5 nitrogen and oxygen atoms in total. The summed E-state index contributed by atoms with van der Waals surface area (Å²) in [6, 6.07) is 4.22. The highest BCUT2D eigenvalue weighted by Gasteiger charge is 2.24. The van der Waals surface area contributed by atoms with Gasteiger partial charge >= 0.3 is 0 Å². The van der Waals surface area contributed by atoms with Gasteiger partial charge in [-0.1, -0.05) is 6.92 Å². The van der Waals surface area contributed by atoms with Crippen LogP contribution in [0.25, 0.3) is 0 Å². The van der Waals surface area contributed by atoms with Gasteiger partial charge in [-0.25, -0.2) is 0 Å². The summed E-state index contributed by atoms with van der Waals surface area (Å²) >= 11 is 0. The normalized spacial score (nSPS) is 15.4. The number of pyridine rings is 1. The van der Waals surface area contributed by atoms with Gasteiger partial charge in [0.05, 0.1) is 6.04 Å². The fourth-order valence-corrected chi connectivity index (χ4v) is 1.99. The second-order valence-electron chi connectivity index (χ2n) is 4.27. The maximum atomic E-state index is 11.1. The minimum absolute atomic E-state index is 0.330. The summed E-state index contributed by atoms with van der Waals surface area (Å²) in [6.45, 7) is 5.12. The molecule has 0 bridgehead atoms. The fraction of sp³-hybridized carbons (Fsp3) is 0.500. The van der Waals surface area contributed by atoms with Gasteiger partial charge in [-0.3, -0.25) is 9.78 Å². The average Bonchev–Trinajstić information content (AvgIpc) is 2.26. The maximum absolute atomic E-state index is 11.1. The fourth-order valence-electron chi connectivity index (χ4n) is 1.99. The predicted octanol–water partition coefficient (Wildman–Crippen LogP) is 0.369. The van der Waals surface area contributed by atoms with E-state index in [0.29, 0.717) is 11.7 Å². The third-order valence-corrected chi connectivity index (χ3v) is 2.99. The predicted molar refractivity (Wildman–Crippen MR) is 67.0 cm³/mol. The third-order valence-electron chi connectivity index (χ3n) is 2.99. The van der Waals surface area contributed by atoms with E-state index in [1.54, 1.807) is 12.3 Å². The molecule has 0 unspecified atom stereocenters. The number of rotatable bonds is 5. The summed E-state index contributed by atoms with van der Waals surface area (Å²) < 4.78 is 0. The van der Waals surface area contributed by atoms with E-state index >= 15 is 0 Å². The van der Waals surface area contributed by atoms with E-state index in [0.717, 1.165) is 31.7 Å². The minimum Gasteiger partial charge on any atom is -0.366 e.